The molecule has 0 nitrogen and oxygen atoms in total. The van der Waals surface area contributed by atoms with E-state index in [4.69, 9.17) is 0 Å². The van der Waals surface area contributed by atoms with Crippen LogP contribution in [0.5, 0.6) is 0 Å². The Labute approximate surface area is 136 Å². The lowest BCUT2D eigenvalue weighted by molar-refractivity contribution is 0.592. The number of hydrogen-bond acceptors (Lipinski definition) is 0. The molecule has 0 aliphatic carbocycles. The molecule has 0 unspecified atom stereocenters. The molecule has 0 heterocycles. The van der Waals surface area contributed by atoms with E-state index < -0.39 is 11.6 Å². The maximum atomic E-state index is 14.1. The Morgan fingerprint density at radius 2 is 0.958 bits per heavy atom. The number of benzene rings is 5. The third-order valence-electron chi connectivity index (χ3n) is 4.64. The van der Waals surface area contributed by atoms with Crippen LogP contribution in [0.25, 0.3) is 43.1 Å². The highest BCUT2D eigenvalue weighted by molar-refractivity contribution is 6.08. The van der Waals surface area contributed by atoms with Crippen molar-refractivity contribution >= 4 is 43.1 Å². The predicted molar refractivity (Wildman–Crippen MR) is 96.4 cm³/mol. The standard InChI is InChI=1S/C22H12F2/c23-20-10-19-9-17-7-15-5-13-3-1-2-4-14(13)6-16(15)8-18(17)11-21(19)22(24)12-20/h1-12H. The molecule has 0 aliphatic heterocycles. The van der Waals surface area contributed by atoms with Gasteiger partial charge in [-0.15, -0.1) is 0 Å². The Kier molecular flexibility index (Phi) is 2.66. The van der Waals surface area contributed by atoms with E-state index in [0.29, 0.717) is 10.8 Å². The van der Waals surface area contributed by atoms with Crippen molar-refractivity contribution in [2.24, 2.45) is 0 Å². The first-order valence-corrected chi connectivity index (χ1v) is 7.82. The zero-order chi connectivity index (χ0) is 16.3. The maximum Gasteiger partial charge on any atom is 0.133 e. The third kappa shape index (κ3) is 1.96. The lowest BCUT2D eigenvalue weighted by Gasteiger charge is -2.07. The molecule has 0 saturated carbocycles. The van der Waals surface area contributed by atoms with Gasteiger partial charge in [0.2, 0.25) is 0 Å². The summed E-state index contributed by atoms with van der Waals surface area (Å²) in [5.74, 6) is -1.07. The highest BCUT2D eigenvalue weighted by Gasteiger charge is 2.07. The van der Waals surface area contributed by atoms with E-state index >= 15 is 0 Å². The van der Waals surface area contributed by atoms with Gasteiger partial charge in [-0.05, 0) is 80.2 Å². The van der Waals surface area contributed by atoms with Crippen molar-refractivity contribution in [1.82, 2.24) is 0 Å². The zero-order valence-corrected chi connectivity index (χ0v) is 12.7. The Balaban J connectivity index is 1.91. The number of fused-ring (bicyclic) bond motifs is 4. The minimum Gasteiger partial charge on any atom is -0.207 e. The van der Waals surface area contributed by atoms with Crippen LogP contribution in [0.4, 0.5) is 8.78 Å². The molecular formula is C22H12F2. The van der Waals surface area contributed by atoms with Crippen molar-refractivity contribution in [2.75, 3.05) is 0 Å². The van der Waals surface area contributed by atoms with E-state index in [-0.39, 0.29) is 0 Å². The van der Waals surface area contributed by atoms with Crippen molar-refractivity contribution < 1.29 is 8.78 Å². The predicted octanol–water partition coefficient (Wildman–Crippen LogP) is 6.58. The molecule has 0 aromatic heterocycles. The fraction of sp³-hybridized carbons (Fsp3) is 0. The van der Waals surface area contributed by atoms with Gasteiger partial charge in [-0.2, -0.15) is 0 Å². The first kappa shape index (κ1) is 13.4. The van der Waals surface area contributed by atoms with Gasteiger partial charge >= 0.3 is 0 Å². The van der Waals surface area contributed by atoms with Crippen LogP contribution in [0.2, 0.25) is 0 Å². The van der Waals surface area contributed by atoms with Crippen LogP contribution in [0, 0.1) is 11.6 Å². The van der Waals surface area contributed by atoms with Crippen molar-refractivity contribution in [3.63, 3.8) is 0 Å². The molecule has 0 spiro atoms. The number of rotatable bonds is 0. The lowest BCUT2D eigenvalue weighted by atomic mass is 9.97. The van der Waals surface area contributed by atoms with E-state index in [1.54, 1.807) is 6.07 Å². The third-order valence-corrected chi connectivity index (χ3v) is 4.64. The number of hydrogen-bond donors (Lipinski definition) is 0. The van der Waals surface area contributed by atoms with Gasteiger partial charge in [-0.1, -0.05) is 24.3 Å². The summed E-state index contributed by atoms with van der Waals surface area (Å²) in [6, 6.07) is 22.6. The lowest BCUT2D eigenvalue weighted by Crippen LogP contribution is -1.85. The van der Waals surface area contributed by atoms with Crippen LogP contribution in [0.1, 0.15) is 0 Å². The van der Waals surface area contributed by atoms with Gasteiger partial charge in [-0.3, -0.25) is 0 Å². The molecule has 5 rings (SSSR count). The SMILES string of the molecule is Fc1cc(F)c2cc3cc4cc5ccccc5cc4cc3cc2c1. The van der Waals surface area contributed by atoms with Crippen molar-refractivity contribution in [3.8, 4) is 0 Å². The average molecular weight is 314 g/mol. The van der Waals surface area contributed by atoms with Crippen LogP contribution in [-0.2, 0) is 0 Å². The second-order valence-corrected chi connectivity index (χ2v) is 6.21. The average Bonchev–Trinajstić information content (AvgIpc) is 2.56. The Hall–Kier alpha value is -3.00. The summed E-state index contributed by atoms with van der Waals surface area (Å²) in [5, 5.41) is 7.57. The molecule has 5 aromatic carbocycles. The van der Waals surface area contributed by atoms with Crippen molar-refractivity contribution in [2.45, 2.75) is 0 Å². The normalized spacial score (nSPS) is 11.8. The molecule has 0 bridgehead atoms. The smallest absolute Gasteiger partial charge is 0.133 e. The van der Waals surface area contributed by atoms with Crippen molar-refractivity contribution in [1.29, 1.82) is 0 Å². The molecule has 114 valence electrons. The summed E-state index contributed by atoms with van der Waals surface area (Å²) in [5.41, 5.74) is 0. The second kappa shape index (κ2) is 4.75. The zero-order valence-electron chi connectivity index (χ0n) is 12.7. The summed E-state index contributed by atoms with van der Waals surface area (Å²) in [7, 11) is 0. The van der Waals surface area contributed by atoms with Crippen molar-refractivity contribution in [3.05, 3.63) is 84.4 Å². The summed E-state index contributed by atoms with van der Waals surface area (Å²) < 4.78 is 27.5. The number of halogens is 2. The van der Waals surface area contributed by atoms with Crippen LogP contribution in [0.15, 0.2) is 72.8 Å². The van der Waals surface area contributed by atoms with Gasteiger partial charge in [0.1, 0.15) is 11.6 Å². The molecule has 0 aliphatic rings. The molecule has 0 amide bonds. The van der Waals surface area contributed by atoms with Gasteiger partial charge in [0.05, 0.1) is 0 Å². The first-order valence-electron chi connectivity index (χ1n) is 7.82. The van der Waals surface area contributed by atoms with Crippen LogP contribution in [-0.4, -0.2) is 0 Å². The van der Waals surface area contributed by atoms with Gasteiger partial charge < -0.3 is 0 Å². The summed E-state index contributed by atoms with van der Waals surface area (Å²) in [6.45, 7) is 0. The van der Waals surface area contributed by atoms with Crippen LogP contribution < -0.4 is 0 Å². The topological polar surface area (TPSA) is 0 Å². The summed E-state index contributed by atoms with van der Waals surface area (Å²) in [4.78, 5) is 0. The molecule has 0 saturated heterocycles. The Morgan fingerprint density at radius 1 is 0.458 bits per heavy atom. The van der Waals surface area contributed by atoms with Gasteiger partial charge in [0, 0.05) is 11.5 Å². The highest BCUT2D eigenvalue weighted by Crippen LogP contribution is 2.31. The fourth-order valence-corrected chi connectivity index (χ4v) is 3.48. The van der Waals surface area contributed by atoms with E-state index in [9.17, 15) is 8.78 Å². The summed E-state index contributed by atoms with van der Waals surface area (Å²) >= 11 is 0. The minimum atomic E-state index is -0.550. The molecule has 0 atom stereocenters. The quantitative estimate of drug-likeness (QED) is 0.283. The first-order chi connectivity index (χ1) is 11.7. The molecule has 2 heteroatoms. The monoisotopic (exact) mass is 314 g/mol. The van der Waals surface area contributed by atoms with Gasteiger partial charge in [0.15, 0.2) is 0 Å². The fourth-order valence-electron chi connectivity index (χ4n) is 3.48. The molecule has 24 heavy (non-hydrogen) atoms. The van der Waals surface area contributed by atoms with E-state index in [1.807, 2.05) is 18.2 Å². The highest BCUT2D eigenvalue weighted by atomic mass is 19.1. The largest absolute Gasteiger partial charge is 0.207 e. The van der Waals surface area contributed by atoms with Crippen LogP contribution >= 0.6 is 0 Å². The molecule has 5 aromatic rings. The Bertz CT molecular complexity index is 1270. The van der Waals surface area contributed by atoms with Gasteiger partial charge in [-0.25, -0.2) is 8.78 Å². The molecule has 0 radical (unpaired) electrons. The van der Waals surface area contributed by atoms with E-state index in [2.05, 4.69) is 36.4 Å². The maximum absolute atomic E-state index is 14.1. The summed E-state index contributed by atoms with van der Waals surface area (Å²) in [6.07, 6.45) is 0. The van der Waals surface area contributed by atoms with Gasteiger partial charge in [0.25, 0.3) is 0 Å². The molecular weight excluding hydrogens is 302 g/mol. The molecule has 0 N–H and O–H groups in total. The minimum absolute atomic E-state index is 0.448. The Morgan fingerprint density at radius 3 is 1.58 bits per heavy atom. The second-order valence-electron chi connectivity index (χ2n) is 6.21. The van der Waals surface area contributed by atoms with E-state index in [1.165, 1.54) is 16.8 Å². The van der Waals surface area contributed by atoms with Crippen LogP contribution in [0.3, 0.4) is 0 Å². The molecule has 0 fully saturated rings. The van der Waals surface area contributed by atoms with E-state index in [0.717, 1.165) is 27.6 Å².